The quantitative estimate of drug-likeness (QED) is 0.385. The first-order valence-corrected chi connectivity index (χ1v) is 11.6. The number of hydrogen-bond acceptors (Lipinski definition) is 3. The zero-order chi connectivity index (χ0) is 23.1. The van der Waals surface area contributed by atoms with E-state index in [0.29, 0.717) is 17.8 Å². The highest BCUT2D eigenvalue weighted by molar-refractivity contribution is 7.10. The molecule has 0 aliphatic carbocycles. The molecular formula is C25H19ClFN3O2S. The third-order valence-corrected chi connectivity index (χ3v) is 6.93. The van der Waals surface area contributed by atoms with Gasteiger partial charge in [-0.2, -0.15) is 0 Å². The summed E-state index contributed by atoms with van der Waals surface area (Å²) in [5.74, 6) is -1.17. The van der Waals surface area contributed by atoms with Crippen LogP contribution in [-0.4, -0.2) is 16.4 Å². The third-order valence-electron chi connectivity index (χ3n) is 5.70. The molecule has 1 aliphatic heterocycles. The number of anilines is 2. The van der Waals surface area contributed by atoms with Gasteiger partial charge in [-0.1, -0.05) is 11.6 Å². The van der Waals surface area contributed by atoms with E-state index in [9.17, 15) is 14.0 Å². The van der Waals surface area contributed by atoms with Crippen LogP contribution in [0.25, 0.3) is 0 Å². The lowest BCUT2D eigenvalue weighted by atomic mass is 10.1. The fraction of sp³-hybridized carbons (Fsp3) is 0.120. The van der Waals surface area contributed by atoms with Crippen molar-refractivity contribution in [2.24, 2.45) is 0 Å². The minimum absolute atomic E-state index is 0.0482. The maximum atomic E-state index is 13.6. The van der Waals surface area contributed by atoms with Crippen LogP contribution in [0.15, 0.2) is 66.2 Å². The second kappa shape index (κ2) is 8.50. The maximum Gasteiger partial charge on any atom is 0.258 e. The zero-order valence-corrected chi connectivity index (χ0v) is 19.2. The lowest BCUT2D eigenvalue weighted by Crippen LogP contribution is -2.30. The zero-order valence-electron chi connectivity index (χ0n) is 17.6. The predicted molar refractivity (Wildman–Crippen MR) is 129 cm³/mol. The second-order valence-corrected chi connectivity index (χ2v) is 9.26. The second-order valence-electron chi connectivity index (χ2n) is 7.86. The number of aromatic nitrogens is 1. The number of amides is 2. The van der Waals surface area contributed by atoms with Gasteiger partial charge in [0.1, 0.15) is 5.82 Å². The van der Waals surface area contributed by atoms with Crippen molar-refractivity contribution in [3.63, 3.8) is 0 Å². The molecule has 0 bridgehead atoms. The first kappa shape index (κ1) is 21.4. The molecule has 4 aromatic rings. The summed E-state index contributed by atoms with van der Waals surface area (Å²) >= 11 is 7.67. The van der Waals surface area contributed by atoms with Crippen molar-refractivity contribution < 1.29 is 14.0 Å². The van der Waals surface area contributed by atoms with Crippen LogP contribution in [0, 0.1) is 12.7 Å². The predicted octanol–water partition coefficient (Wildman–Crippen LogP) is 6.11. The van der Waals surface area contributed by atoms with Gasteiger partial charge in [0.2, 0.25) is 0 Å². The van der Waals surface area contributed by atoms with Crippen LogP contribution in [0.1, 0.15) is 36.9 Å². The molecule has 5 rings (SSSR count). The van der Waals surface area contributed by atoms with Gasteiger partial charge in [-0.05, 0) is 72.5 Å². The summed E-state index contributed by atoms with van der Waals surface area (Å²) in [6.07, 6.45) is 2.03. The summed E-state index contributed by atoms with van der Waals surface area (Å²) in [4.78, 5) is 29.1. The summed E-state index contributed by atoms with van der Waals surface area (Å²) < 4.78 is 15.7. The molecule has 2 aromatic heterocycles. The minimum Gasteiger partial charge on any atom is -0.344 e. The molecule has 5 nitrogen and oxygen atoms in total. The van der Waals surface area contributed by atoms with Crippen LogP contribution in [0.4, 0.5) is 15.8 Å². The molecule has 0 radical (unpaired) electrons. The number of nitrogens with zero attached hydrogens (tertiary/aromatic N) is 2. The van der Waals surface area contributed by atoms with E-state index in [1.54, 1.807) is 34.4 Å². The van der Waals surface area contributed by atoms with Gasteiger partial charge in [-0.25, -0.2) is 4.39 Å². The maximum absolute atomic E-state index is 13.6. The number of hydrogen-bond donors (Lipinski definition) is 1. The molecule has 0 unspecified atom stereocenters. The van der Waals surface area contributed by atoms with E-state index in [1.165, 1.54) is 12.1 Å². The van der Waals surface area contributed by atoms with E-state index < -0.39 is 11.7 Å². The van der Waals surface area contributed by atoms with Crippen molar-refractivity contribution in [1.29, 1.82) is 0 Å². The highest BCUT2D eigenvalue weighted by atomic mass is 35.5. The van der Waals surface area contributed by atoms with E-state index >= 15 is 0 Å². The largest absolute Gasteiger partial charge is 0.344 e. The number of fused-ring (bicyclic) bond motifs is 2. The van der Waals surface area contributed by atoms with E-state index in [-0.39, 0.29) is 16.5 Å². The average molecular weight is 480 g/mol. The summed E-state index contributed by atoms with van der Waals surface area (Å²) in [7, 11) is 0. The molecule has 2 amide bonds. The van der Waals surface area contributed by atoms with Gasteiger partial charge in [0, 0.05) is 28.0 Å². The fourth-order valence-electron chi connectivity index (χ4n) is 4.02. The average Bonchev–Trinajstić information content (AvgIpc) is 3.40. The smallest absolute Gasteiger partial charge is 0.258 e. The first-order valence-electron chi connectivity index (χ1n) is 10.3. The number of aryl methyl sites for hydroxylation is 1. The Labute approximate surface area is 199 Å². The van der Waals surface area contributed by atoms with Crippen LogP contribution >= 0.6 is 22.9 Å². The van der Waals surface area contributed by atoms with Crippen LogP contribution in [0.5, 0.6) is 0 Å². The topological polar surface area (TPSA) is 54.3 Å². The number of carbonyl (C=O) groups excluding carboxylic acids is 2. The van der Waals surface area contributed by atoms with Gasteiger partial charge in [0.05, 0.1) is 29.4 Å². The highest BCUT2D eigenvalue weighted by Gasteiger charge is 2.26. The monoisotopic (exact) mass is 479 g/mol. The number of thiophene rings is 1. The van der Waals surface area contributed by atoms with Crippen molar-refractivity contribution in [3.05, 3.63) is 104 Å². The Balaban J connectivity index is 1.41. The van der Waals surface area contributed by atoms with Crippen LogP contribution < -0.4 is 10.2 Å². The Bertz CT molecular complexity index is 1390. The lowest BCUT2D eigenvalue weighted by molar-refractivity contribution is 0.0983. The van der Waals surface area contributed by atoms with E-state index in [1.807, 2.05) is 36.7 Å². The fourth-order valence-corrected chi connectivity index (χ4v) is 5.10. The molecule has 0 fully saturated rings. The molecule has 3 heterocycles. The molecule has 0 saturated carbocycles. The van der Waals surface area contributed by atoms with Crippen molar-refractivity contribution in [3.8, 4) is 0 Å². The summed E-state index contributed by atoms with van der Waals surface area (Å²) in [5.41, 5.74) is 3.81. The van der Waals surface area contributed by atoms with Gasteiger partial charge in [0.25, 0.3) is 11.8 Å². The first-order chi connectivity index (χ1) is 15.9. The number of nitrogens with one attached hydrogen (secondary N) is 1. The number of halogens is 2. The van der Waals surface area contributed by atoms with E-state index in [4.69, 9.17) is 11.6 Å². The Morgan fingerprint density at radius 2 is 1.91 bits per heavy atom. The van der Waals surface area contributed by atoms with Crippen molar-refractivity contribution in [2.75, 3.05) is 10.2 Å². The molecule has 33 heavy (non-hydrogen) atoms. The highest BCUT2D eigenvalue weighted by Crippen LogP contribution is 2.33. The molecule has 1 aliphatic rings. The summed E-state index contributed by atoms with van der Waals surface area (Å²) in [6.45, 7) is 3.05. The van der Waals surface area contributed by atoms with Crippen LogP contribution in [0.2, 0.25) is 5.02 Å². The molecular weight excluding hydrogens is 461 g/mol. The van der Waals surface area contributed by atoms with Gasteiger partial charge >= 0.3 is 0 Å². The summed E-state index contributed by atoms with van der Waals surface area (Å²) in [6, 6.07) is 14.7. The number of carbonyl (C=O) groups is 2. The van der Waals surface area contributed by atoms with Gasteiger partial charge < -0.3 is 14.8 Å². The SMILES string of the molecule is Cc1cc(NC(=O)c2cc(F)ccc2Cl)ccc1C(=O)N1Cc2cccn2Cc2sccc21. The molecule has 166 valence electrons. The lowest BCUT2D eigenvalue weighted by Gasteiger charge is -2.22. The number of benzene rings is 2. The molecule has 0 atom stereocenters. The van der Waals surface area contributed by atoms with Crippen molar-refractivity contribution in [2.45, 2.75) is 20.0 Å². The standard InChI is InChI=1S/C25H19ClFN3O2S/c1-15-11-17(28-24(31)20-12-16(27)4-7-21(20)26)5-6-19(15)25(32)30-13-18-3-2-9-29(18)14-23-22(30)8-10-33-23/h2-12H,13-14H2,1H3,(H,28,31). The Morgan fingerprint density at radius 3 is 2.73 bits per heavy atom. The van der Waals surface area contributed by atoms with Gasteiger partial charge in [-0.3, -0.25) is 9.59 Å². The minimum atomic E-state index is -0.543. The molecule has 2 aromatic carbocycles. The Morgan fingerprint density at radius 1 is 1.06 bits per heavy atom. The third kappa shape index (κ3) is 4.05. The molecule has 0 saturated heterocycles. The number of rotatable bonds is 3. The Kier molecular flexibility index (Phi) is 5.52. The van der Waals surface area contributed by atoms with Gasteiger partial charge in [0.15, 0.2) is 0 Å². The molecule has 1 N–H and O–H groups in total. The summed E-state index contributed by atoms with van der Waals surface area (Å²) in [5, 5.41) is 4.89. The molecule has 0 spiro atoms. The Hall–Kier alpha value is -3.42. The van der Waals surface area contributed by atoms with Crippen LogP contribution in [-0.2, 0) is 13.1 Å². The van der Waals surface area contributed by atoms with Crippen LogP contribution in [0.3, 0.4) is 0 Å². The van der Waals surface area contributed by atoms with Crippen molar-refractivity contribution >= 4 is 46.1 Å². The molecule has 8 heteroatoms. The van der Waals surface area contributed by atoms with Crippen molar-refractivity contribution in [1.82, 2.24) is 4.57 Å². The normalized spacial score (nSPS) is 12.6. The van der Waals surface area contributed by atoms with Gasteiger partial charge in [-0.15, -0.1) is 11.3 Å². The van der Waals surface area contributed by atoms with E-state index in [0.717, 1.165) is 34.4 Å². The van der Waals surface area contributed by atoms with E-state index in [2.05, 4.69) is 9.88 Å².